The van der Waals surface area contributed by atoms with Crippen molar-refractivity contribution in [1.82, 2.24) is 0 Å². The molecule has 0 amide bonds. The molecule has 2 atom stereocenters. The standard InChI is InChI=1S/C8H16O2/c1-3-7-4-5-10-8(6-7)9-2/h7-8H,3-6H2,1-2H3. The van der Waals surface area contributed by atoms with Gasteiger partial charge in [-0.05, 0) is 12.3 Å². The minimum atomic E-state index is 0.0682. The van der Waals surface area contributed by atoms with E-state index < -0.39 is 0 Å². The third kappa shape index (κ3) is 1.96. The Morgan fingerprint density at radius 3 is 3.00 bits per heavy atom. The molecule has 0 aliphatic carbocycles. The average Bonchev–Trinajstić information content (AvgIpc) is 2.05. The lowest BCUT2D eigenvalue weighted by Crippen LogP contribution is -2.26. The van der Waals surface area contributed by atoms with Crippen molar-refractivity contribution < 1.29 is 9.47 Å². The average molecular weight is 144 g/mol. The van der Waals surface area contributed by atoms with Gasteiger partial charge in [-0.3, -0.25) is 0 Å². The topological polar surface area (TPSA) is 18.5 Å². The molecule has 0 aromatic carbocycles. The first-order valence-electron chi connectivity index (χ1n) is 4.01. The quantitative estimate of drug-likeness (QED) is 0.588. The zero-order valence-electron chi connectivity index (χ0n) is 6.80. The third-order valence-electron chi connectivity index (χ3n) is 2.20. The molecule has 0 N–H and O–H groups in total. The lowest BCUT2D eigenvalue weighted by Gasteiger charge is -2.27. The van der Waals surface area contributed by atoms with Crippen molar-refractivity contribution in [3.05, 3.63) is 0 Å². The monoisotopic (exact) mass is 144 g/mol. The van der Waals surface area contributed by atoms with Gasteiger partial charge in [-0.1, -0.05) is 13.3 Å². The normalized spacial score (nSPS) is 34.2. The van der Waals surface area contributed by atoms with Crippen molar-refractivity contribution in [3.63, 3.8) is 0 Å². The van der Waals surface area contributed by atoms with Crippen LogP contribution in [0.15, 0.2) is 0 Å². The number of rotatable bonds is 2. The molecule has 0 aromatic rings. The maximum atomic E-state index is 5.34. The molecule has 2 nitrogen and oxygen atoms in total. The van der Waals surface area contributed by atoms with E-state index in [9.17, 15) is 0 Å². The molecule has 0 spiro atoms. The van der Waals surface area contributed by atoms with Gasteiger partial charge < -0.3 is 9.47 Å². The van der Waals surface area contributed by atoms with Crippen LogP contribution >= 0.6 is 0 Å². The zero-order valence-corrected chi connectivity index (χ0v) is 6.80. The van der Waals surface area contributed by atoms with Crippen molar-refractivity contribution >= 4 is 0 Å². The van der Waals surface area contributed by atoms with Crippen LogP contribution in [0.5, 0.6) is 0 Å². The summed E-state index contributed by atoms with van der Waals surface area (Å²) in [6.45, 7) is 3.10. The second-order valence-electron chi connectivity index (χ2n) is 2.83. The van der Waals surface area contributed by atoms with Gasteiger partial charge in [-0.25, -0.2) is 0 Å². The number of methoxy groups -OCH3 is 1. The predicted octanol–water partition coefficient (Wildman–Crippen LogP) is 1.80. The van der Waals surface area contributed by atoms with Crippen molar-refractivity contribution in [3.8, 4) is 0 Å². The maximum absolute atomic E-state index is 5.34. The summed E-state index contributed by atoms with van der Waals surface area (Å²) in [4.78, 5) is 0. The van der Waals surface area contributed by atoms with Crippen LogP contribution in [0.3, 0.4) is 0 Å². The summed E-state index contributed by atoms with van der Waals surface area (Å²) < 4.78 is 10.4. The molecule has 1 aliphatic rings. The molecule has 2 heteroatoms. The van der Waals surface area contributed by atoms with E-state index in [4.69, 9.17) is 9.47 Å². The van der Waals surface area contributed by atoms with Crippen LogP contribution in [0.2, 0.25) is 0 Å². The van der Waals surface area contributed by atoms with Crippen molar-refractivity contribution in [2.24, 2.45) is 5.92 Å². The molecule has 1 rings (SSSR count). The van der Waals surface area contributed by atoms with Gasteiger partial charge in [0.25, 0.3) is 0 Å². The minimum Gasteiger partial charge on any atom is -0.356 e. The van der Waals surface area contributed by atoms with Crippen LogP contribution in [0.4, 0.5) is 0 Å². The van der Waals surface area contributed by atoms with Gasteiger partial charge in [-0.15, -0.1) is 0 Å². The van der Waals surface area contributed by atoms with Gasteiger partial charge in [0.1, 0.15) is 0 Å². The van der Waals surface area contributed by atoms with Crippen LogP contribution in [-0.4, -0.2) is 20.0 Å². The first-order chi connectivity index (χ1) is 4.86. The Bertz CT molecular complexity index is 83.3. The summed E-state index contributed by atoms with van der Waals surface area (Å²) in [5.41, 5.74) is 0. The molecule has 1 heterocycles. The minimum absolute atomic E-state index is 0.0682. The fourth-order valence-electron chi connectivity index (χ4n) is 1.36. The van der Waals surface area contributed by atoms with Crippen molar-refractivity contribution in [2.45, 2.75) is 32.5 Å². The van der Waals surface area contributed by atoms with E-state index >= 15 is 0 Å². The SMILES string of the molecule is CCC1CCOC(OC)C1. The molecule has 10 heavy (non-hydrogen) atoms. The Kier molecular flexibility index (Phi) is 3.16. The highest BCUT2D eigenvalue weighted by Gasteiger charge is 2.20. The van der Waals surface area contributed by atoms with Crippen LogP contribution in [0.25, 0.3) is 0 Å². The Labute approximate surface area is 62.5 Å². The van der Waals surface area contributed by atoms with Gasteiger partial charge in [0, 0.05) is 20.1 Å². The fourth-order valence-corrected chi connectivity index (χ4v) is 1.36. The van der Waals surface area contributed by atoms with Crippen molar-refractivity contribution in [2.75, 3.05) is 13.7 Å². The maximum Gasteiger partial charge on any atom is 0.157 e. The molecule has 1 fully saturated rings. The molecule has 2 unspecified atom stereocenters. The molecule has 1 aliphatic heterocycles. The van der Waals surface area contributed by atoms with E-state index in [1.807, 2.05) is 0 Å². The van der Waals surface area contributed by atoms with Gasteiger partial charge in [-0.2, -0.15) is 0 Å². The molecule has 60 valence electrons. The van der Waals surface area contributed by atoms with E-state index in [2.05, 4.69) is 6.92 Å². The zero-order chi connectivity index (χ0) is 7.40. The van der Waals surface area contributed by atoms with Gasteiger partial charge in [0.2, 0.25) is 0 Å². The molecule has 0 bridgehead atoms. The molecular formula is C8H16O2. The lowest BCUT2D eigenvalue weighted by atomic mass is 9.97. The Morgan fingerprint density at radius 2 is 2.40 bits per heavy atom. The first kappa shape index (κ1) is 8.02. The highest BCUT2D eigenvalue weighted by molar-refractivity contribution is 4.64. The largest absolute Gasteiger partial charge is 0.356 e. The third-order valence-corrected chi connectivity index (χ3v) is 2.20. The molecule has 0 saturated carbocycles. The summed E-state index contributed by atoms with van der Waals surface area (Å²) in [7, 11) is 1.71. The highest BCUT2D eigenvalue weighted by Crippen LogP contribution is 2.22. The predicted molar refractivity (Wildman–Crippen MR) is 39.8 cm³/mol. The Hall–Kier alpha value is -0.0800. The Balaban J connectivity index is 2.25. The number of hydrogen-bond donors (Lipinski definition) is 0. The summed E-state index contributed by atoms with van der Waals surface area (Å²) in [6.07, 6.45) is 3.60. The second kappa shape index (κ2) is 3.94. The van der Waals surface area contributed by atoms with E-state index in [-0.39, 0.29) is 6.29 Å². The van der Waals surface area contributed by atoms with Crippen LogP contribution in [-0.2, 0) is 9.47 Å². The molecule has 0 aromatic heterocycles. The molecule has 1 saturated heterocycles. The lowest BCUT2D eigenvalue weighted by molar-refractivity contribution is -0.158. The smallest absolute Gasteiger partial charge is 0.157 e. The summed E-state index contributed by atoms with van der Waals surface area (Å²) in [6, 6.07) is 0. The summed E-state index contributed by atoms with van der Waals surface area (Å²) >= 11 is 0. The number of hydrogen-bond acceptors (Lipinski definition) is 2. The Morgan fingerprint density at radius 1 is 1.60 bits per heavy atom. The second-order valence-corrected chi connectivity index (χ2v) is 2.83. The van der Waals surface area contributed by atoms with Crippen LogP contribution < -0.4 is 0 Å². The van der Waals surface area contributed by atoms with Gasteiger partial charge >= 0.3 is 0 Å². The van der Waals surface area contributed by atoms with Crippen LogP contribution in [0.1, 0.15) is 26.2 Å². The highest BCUT2D eigenvalue weighted by atomic mass is 16.7. The van der Waals surface area contributed by atoms with E-state index in [0.717, 1.165) is 18.9 Å². The first-order valence-corrected chi connectivity index (χ1v) is 4.01. The van der Waals surface area contributed by atoms with Crippen LogP contribution in [0, 0.1) is 5.92 Å². The van der Waals surface area contributed by atoms with Crippen molar-refractivity contribution in [1.29, 1.82) is 0 Å². The van der Waals surface area contributed by atoms with E-state index in [1.54, 1.807) is 7.11 Å². The van der Waals surface area contributed by atoms with E-state index in [0.29, 0.717) is 0 Å². The van der Waals surface area contributed by atoms with Gasteiger partial charge in [0.05, 0.1) is 0 Å². The fraction of sp³-hybridized carbons (Fsp3) is 1.00. The molecular weight excluding hydrogens is 128 g/mol. The van der Waals surface area contributed by atoms with Gasteiger partial charge in [0.15, 0.2) is 6.29 Å². The van der Waals surface area contributed by atoms with E-state index in [1.165, 1.54) is 12.8 Å². The summed E-state index contributed by atoms with van der Waals surface area (Å²) in [5, 5.41) is 0. The molecule has 0 radical (unpaired) electrons. The summed E-state index contributed by atoms with van der Waals surface area (Å²) in [5.74, 6) is 0.818. The number of ether oxygens (including phenoxy) is 2.